The Morgan fingerprint density at radius 3 is 2.79 bits per heavy atom. The van der Waals surface area contributed by atoms with E-state index in [9.17, 15) is 4.79 Å². The summed E-state index contributed by atoms with van der Waals surface area (Å²) in [6.07, 6.45) is 4.11. The second kappa shape index (κ2) is 8.51. The molecule has 1 aromatic carbocycles. The van der Waals surface area contributed by atoms with Crippen molar-refractivity contribution in [1.82, 2.24) is 19.7 Å². The minimum atomic E-state index is -0.235. The van der Waals surface area contributed by atoms with Crippen LogP contribution in [-0.4, -0.2) is 45.9 Å². The summed E-state index contributed by atoms with van der Waals surface area (Å²) in [5.41, 5.74) is 1.94. The number of carbonyl (C=O) groups excluding carboxylic acids is 1. The summed E-state index contributed by atoms with van der Waals surface area (Å²) in [7, 11) is 3.76. The number of benzene rings is 1. The molecule has 0 saturated heterocycles. The highest BCUT2D eigenvalue weighted by Crippen LogP contribution is 2.18. The summed E-state index contributed by atoms with van der Waals surface area (Å²) in [6.45, 7) is 4.00. The van der Waals surface area contributed by atoms with Gasteiger partial charge in [0.15, 0.2) is 0 Å². The SMILES string of the molecule is CC[C@@H](C)Oc1cc(C(=O)Nc2cccc(-n3cnc(N(C)C)n3)c2)ccn1. The lowest BCUT2D eigenvalue weighted by atomic mass is 10.2. The molecule has 0 saturated carbocycles. The highest BCUT2D eigenvalue weighted by molar-refractivity contribution is 6.04. The van der Waals surface area contributed by atoms with E-state index in [4.69, 9.17) is 4.74 Å². The molecule has 8 nitrogen and oxygen atoms in total. The molecule has 146 valence electrons. The van der Waals surface area contributed by atoms with E-state index in [1.54, 1.807) is 29.3 Å². The maximum absolute atomic E-state index is 12.6. The van der Waals surface area contributed by atoms with E-state index >= 15 is 0 Å². The number of amides is 1. The van der Waals surface area contributed by atoms with Gasteiger partial charge in [0, 0.05) is 37.6 Å². The maximum Gasteiger partial charge on any atom is 0.255 e. The predicted molar refractivity (Wildman–Crippen MR) is 108 cm³/mol. The number of pyridine rings is 1. The van der Waals surface area contributed by atoms with Crippen LogP contribution in [0.3, 0.4) is 0 Å². The van der Waals surface area contributed by atoms with Gasteiger partial charge in [-0.1, -0.05) is 13.0 Å². The second-order valence-electron chi connectivity index (χ2n) is 6.61. The third-order valence-corrected chi connectivity index (χ3v) is 4.14. The average molecular weight is 380 g/mol. The number of hydrogen-bond donors (Lipinski definition) is 1. The standard InChI is InChI=1S/C20H24N6O2/c1-5-14(2)28-18-11-15(9-10-21-18)19(27)23-16-7-6-8-17(12-16)26-13-22-20(24-26)25(3)4/h6-14H,5H2,1-4H3,(H,23,27)/t14-/m1/s1. The number of ether oxygens (including phenoxy) is 1. The zero-order chi connectivity index (χ0) is 20.1. The van der Waals surface area contributed by atoms with Gasteiger partial charge in [-0.3, -0.25) is 4.79 Å². The molecule has 0 spiro atoms. The van der Waals surface area contributed by atoms with Crippen LogP contribution in [0.1, 0.15) is 30.6 Å². The Bertz CT molecular complexity index is 953. The molecule has 2 heterocycles. The summed E-state index contributed by atoms with van der Waals surface area (Å²) in [4.78, 5) is 22.9. The molecule has 28 heavy (non-hydrogen) atoms. The fraction of sp³-hybridized carbons (Fsp3) is 0.300. The van der Waals surface area contributed by atoms with Crippen LogP contribution in [0.4, 0.5) is 11.6 Å². The Morgan fingerprint density at radius 2 is 2.07 bits per heavy atom. The molecule has 1 amide bonds. The molecule has 0 bridgehead atoms. The molecule has 0 aliphatic heterocycles. The number of anilines is 2. The largest absolute Gasteiger partial charge is 0.475 e. The Balaban J connectivity index is 1.75. The molecule has 0 aliphatic rings. The number of hydrogen-bond acceptors (Lipinski definition) is 6. The fourth-order valence-electron chi connectivity index (χ4n) is 2.42. The van der Waals surface area contributed by atoms with E-state index in [0.717, 1.165) is 12.1 Å². The quantitative estimate of drug-likeness (QED) is 0.678. The maximum atomic E-state index is 12.6. The van der Waals surface area contributed by atoms with Gasteiger partial charge in [-0.2, -0.15) is 4.98 Å². The first-order valence-electron chi connectivity index (χ1n) is 9.09. The van der Waals surface area contributed by atoms with E-state index < -0.39 is 0 Å². The van der Waals surface area contributed by atoms with Crippen LogP contribution in [-0.2, 0) is 0 Å². The van der Waals surface area contributed by atoms with Crippen LogP contribution in [0.25, 0.3) is 5.69 Å². The average Bonchev–Trinajstić information content (AvgIpc) is 3.19. The number of rotatable bonds is 7. The van der Waals surface area contributed by atoms with Crippen LogP contribution in [0.2, 0.25) is 0 Å². The van der Waals surface area contributed by atoms with Crippen LogP contribution < -0.4 is 15.0 Å². The summed E-state index contributed by atoms with van der Waals surface area (Å²) >= 11 is 0. The van der Waals surface area contributed by atoms with Crippen molar-refractivity contribution in [3.8, 4) is 11.6 Å². The number of nitrogens with zero attached hydrogens (tertiary/aromatic N) is 5. The highest BCUT2D eigenvalue weighted by atomic mass is 16.5. The van der Waals surface area contributed by atoms with Gasteiger partial charge in [0.05, 0.1) is 11.8 Å². The van der Waals surface area contributed by atoms with Crippen molar-refractivity contribution in [1.29, 1.82) is 0 Å². The van der Waals surface area contributed by atoms with Crippen molar-refractivity contribution >= 4 is 17.5 Å². The van der Waals surface area contributed by atoms with E-state index in [1.165, 1.54) is 0 Å². The van der Waals surface area contributed by atoms with Crippen molar-refractivity contribution in [2.24, 2.45) is 0 Å². The van der Waals surface area contributed by atoms with Gasteiger partial charge in [0.1, 0.15) is 6.33 Å². The third kappa shape index (κ3) is 4.64. The lowest BCUT2D eigenvalue weighted by Crippen LogP contribution is -2.14. The Labute approximate surface area is 164 Å². The van der Waals surface area contributed by atoms with E-state index in [0.29, 0.717) is 23.1 Å². The molecule has 0 radical (unpaired) electrons. The molecule has 0 unspecified atom stereocenters. The van der Waals surface area contributed by atoms with E-state index in [-0.39, 0.29) is 12.0 Å². The number of aromatic nitrogens is 4. The normalized spacial score (nSPS) is 11.7. The number of carbonyl (C=O) groups is 1. The minimum absolute atomic E-state index is 0.0391. The van der Waals surface area contributed by atoms with Gasteiger partial charge in [-0.25, -0.2) is 9.67 Å². The third-order valence-electron chi connectivity index (χ3n) is 4.14. The Kier molecular flexibility index (Phi) is 5.88. The van der Waals surface area contributed by atoms with E-state index in [2.05, 4.69) is 20.4 Å². The molecule has 8 heteroatoms. The van der Waals surface area contributed by atoms with Crippen molar-refractivity contribution in [3.63, 3.8) is 0 Å². The van der Waals surface area contributed by atoms with Gasteiger partial charge in [-0.15, -0.1) is 5.10 Å². The summed E-state index contributed by atoms with van der Waals surface area (Å²) in [5.74, 6) is 0.816. The second-order valence-corrected chi connectivity index (χ2v) is 6.61. The zero-order valence-electron chi connectivity index (χ0n) is 16.5. The molecular formula is C20H24N6O2. The summed E-state index contributed by atoms with van der Waals surface area (Å²) in [6, 6.07) is 10.7. The highest BCUT2D eigenvalue weighted by Gasteiger charge is 2.11. The van der Waals surface area contributed by atoms with Gasteiger partial charge < -0.3 is 15.0 Å². The predicted octanol–water partition coefficient (Wildman–Crippen LogP) is 3.16. The smallest absolute Gasteiger partial charge is 0.255 e. The molecule has 3 rings (SSSR count). The Hall–Kier alpha value is -3.42. The van der Waals surface area contributed by atoms with Crippen LogP contribution >= 0.6 is 0 Å². The summed E-state index contributed by atoms with van der Waals surface area (Å²) in [5, 5.41) is 7.30. The van der Waals surface area contributed by atoms with Crippen LogP contribution in [0.5, 0.6) is 5.88 Å². The monoisotopic (exact) mass is 380 g/mol. The molecule has 1 atom stereocenters. The first-order valence-corrected chi connectivity index (χ1v) is 9.09. The summed E-state index contributed by atoms with van der Waals surface area (Å²) < 4.78 is 7.35. The van der Waals surface area contributed by atoms with Gasteiger partial charge >= 0.3 is 0 Å². The van der Waals surface area contributed by atoms with Crippen LogP contribution in [0.15, 0.2) is 48.9 Å². The van der Waals surface area contributed by atoms with Gasteiger partial charge in [0.25, 0.3) is 5.91 Å². The topological polar surface area (TPSA) is 85.2 Å². The zero-order valence-corrected chi connectivity index (χ0v) is 16.5. The van der Waals surface area contributed by atoms with Crippen molar-refractivity contribution in [2.75, 3.05) is 24.3 Å². The van der Waals surface area contributed by atoms with Crippen LogP contribution in [0, 0.1) is 0 Å². The van der Waals surface area contributed by atoms with E-state index in [1.807, 2.05) is 57.1 Å². The van der Waals surface area contributed by atoms with Gasteiger partial charge in [0.2, 0.25) is 11.8 Å². The fourth-order valence-corrected chi connectivity index (χ4v) is 2.42. The van der Waals surface area contributed by atoms with Gasteiger partial charge in [-0.05, 0) is 37.6 Å². The molecule has 0 fully saturated rings. The molecule has 1 N–H and O–H groups in total. The Morgan fingerprint density at radius 1 is 1.25 bits per heavy atom. The molecular weight excluding hydrogens is 356 g/mol. The first kappa shape index (κ1) is 19.3. The lowest BCUT2D eigenvalue weighted by Gasteiger charge is -2.12. The van der Waals surface area contributed by atoms with Crippen molar-refractivity contribution in [2.45, 2.75) is 26.4 Å². The van der Waals surface area contributed by atoms with Crippen molar-refractivity contribution in [3.05, 3.63) is 54.5 Å². The number of nitrogens with one attached hydrogen (secondary N) is 1. The first-order chi connectivity index (χ1) is 13.5. The molecule has 3 aromatic rings. The lowest BCUT2D eigenvalue weighted by molar-refractivity contribution is 0.102. The van der Waals surface area contributed by atoms with Crippen molar-refractivity contribution < 1.29 is 9.53 Å². The minimum Gasteiger partial charge on any atom is -0.475 e. The molecule has 0 aliphatic carbocycles. The molecule has 2 aromatic heterocycles.